The predicted molar refractivity (Wildman–Crippen MR) is 302 cm³/mol. The van der Waals surface area contributed by atoms with Gasteiger partial charge in [0.05, 0.1) is 31.6 Å². The van der Waals surface area contributed by atoms with E-state index in [1.54, 1.807) is 34.0 Å². The summed E-state index contributed by atoms with van der Waals surface area (Å²) >= 11 is 1.45. The van der Waals surface area contributed by atoms with Crippen molar-refractivity contribution in [2.45, 2.75) is 230 Å². The molecule has 2 fully saturated rings. The predicted octanol–water partition coefficient (Wildman–Crippen LogP) is 16.2. The zero-order chi connectivity index (χ0) is 50.6. The van der Waals surface area contributed by atoms with Crippen LogP contribution in [0.3, 0.4) is 0 Å². The molecule has 65 heavy (non-hydrogen) atoms. The first-order valence-corrected chi connectivity index (χ1v) is 25.3. The Labute approximate surface area is 426 Å². The molecule has 6 heteroatoms. The molecule has 1 aliphatic carbocycles. The molecule has 1 saturated heterocycles. The van der Waals surface area contributed by atoms with E-state index in [0.29, 0.717) is 28.8 Å². The first-order chi connectivity index (χ1) is 29.1. The second-order valence-electron chi connectivity index (χ2n) is 17.2. The van der Waals surface area contributed by atoms with Gasteiger partial charge in [0.25, 0.3) is 0 Å². The van der Waals surface area contributed by atoms with Gasteiger partial charge in [-0.25, -0.2) is 0 Å². The number of ether oxygens (including phenoxy) is 2. The van der Waals surface area contributed by atoms with Crippen LogP contribution in [0.25, 0.3) is 0 Å². The third-order valence-electron chi connectivity index (χ3n) is 8.50. The summed E-state index contributed by atoms with van der Waals surface area (Å²) in [6.45, 7) is 46.9. The second-order valence-corrected chi connectivity index (χ2v) is 18.2. The minimum absolute atomic E-state index is 0. The zero-order valence-corrected chi connectivity index (χ0v) is 49.1. The summed E-state index contributed by atoms with van der Waals surface area (Å²) in [4.78, 5) is 6.56. The van der Waals surface area contributed by atoms with Gasteiger partial charge in [-0.15, -0.1) is 6.42 Å². The molecule has 0 aromatic rings. The van der Waals surface area contributed by atoms with Gasteiger partial charge in [-0.3, -0.25) is 14.7 Å². The number of rotatable bonds is 9. The third-order valence-corrected chi connectivity index (χ3v) is 9.07. The van der Waals surface area contributed by atoms with E-state index in [0.717, 1.165) is 19.8 Å². The SMILES string of the molecule is C.C.C.C#CC#CC.C1CCCCC1.CC.CC.CC.CC#CC#CC.CC(C)(C)CCC(C)(C)C.CCC1OC(C)C(C)C(C)C1OC.CN(C)CN(C)CN(C)C.[CH-]=CC=C[CH]=[W]. The van der Waals surface area contributed by atoms with E-state index in [2.05, 4.69) is 161 Å². The molecule has 0 aromatic heterocycles. The fourth-order valence-electron chi connectivity index (χ4n) is 5.37. The molecule has 0 spiro atoms. The van der Waals surface area contributed by atoms with Crippen LogP contribution < -0.4 is 0 Å². The van der Waals surface area contributed by atoms with Crippen molar-refractivity contribution in [2.75, 3.05) is 55.7 Å². The molecule has 1 heterocycles. The van der Waals surface area contributed by atoms with E-state index in [9.17, 15) is 0 Å². The van der Waals surface area contributed by atoms with E-state index >= 15 is 0 Å². The van der Waals surface area contributed by atoms with E-state index < -0.39 is 0 Å². The Morgan fingerprint density at radius 2 is 1.00 bits per heavy atom. The molecule has 0 radical (unpaired) electrons. The van der Waals surface area contributed by atoms with Crippen molar-refractivity contribution in [1.82, 2.24) is 14.7 Å². The van der Waals surface area contributed by atoms with Crippen LogP contribution >= 0.6 is 0 Å². The van der Waals surface area contributed by atoms with Gasteiger partial charge >= 0.3 is 48.6 Å². The molecule has 0 N–H and O–H groups in total. The molecule has 5 nitrogen and oxygen atoms in total. The number of nitrogens with zero attached hydrogens (tertiary/aromatic N) is 3. The first kappa shape index (κ1) is 89.6. The summed E-state index contributed by atoms with van der Waals surface area (Å²) in [5.74, 6) is 18.7. The normalized spacial score (nSPS) is 17.1. The average Bonchev–Trinajstić information content (AvgIpc) is 3.24. The molecule has 0 aromatic carbocycles. The molecule has 1 aliphatic heterocycles. The summed E-state index contributed by atoms with van der Waals surface area (Å²) in [7, 11) is 12.2. The number of terminal acetylenes is 1. The fraction of sp³-hybridized carbons (Fsp3) is 0.780. The van der Waals surface area contributed by atoms with Crippen LogP contribution in [-0.2, 0) is 28.8 Å². The number of hydrogen-bond donors (Lipinski definition) is 0. The Kier molecular flexibility index (Phi) is 94.7. The van der Waals surface area contributed by atoms with E-state index in [1.807, 2.05) is 52.0 Å². The van der Waals surface area contributed by atoms with Crippen molar-refractivity contribution in [3.8, 4) is 47.9 Å². The Morgan fingerprint density at radius 1 is 0.662 bits per heavy atom. The Balaban J connectivity index is -0.0000000578. The topological polar surface area (TPSA) is 28.2 Å². The Morgan fingerprint density at radius 3 is 1.18 bits per heavy atom. The summed E-state index contributed by atoms with van der Waals surface area (Å²) < 4.78 is 13.4. The molecule has 0 bridgehead atoms. The van der Waals surface area contributed by atoms with Crippen LogP contribution in [0, 0.1) is 77.1 Å². The van der Waals surface area contributed by atoms with Crippen molar-refractivity contribution in [3.05, 3.63) is 24.8 Å². The van der Waals surface area contributed by atoms with Crippen molar-refractivity contribution in [1.29, 1.82) is 0 Å². The van der Waals surface area contributed by atoms with Gasteiger partial charge in [0, 0.05) is 7.11 Å². The summed E-state index contributed by atoms with van der Waals surface area (Å²) in [5, 5.41) is 0. The van der Waals surface area contributed by atoms with Gasteiger partial charge in [-0.1, -0.05) is 182 Å². The standard InChI is InChI=1S/C11H22O2.C10H22.C7H19N3.C6H12.C6H6.C5H5.C5H4.3C2H6.3CH4.W/c1-6-10-11(12-5)8(3)7(2)9(4)13-10;1-9(2,3)7-8-10(4,5)6;1-8(2)6-10(5)7-9(3)4;1-2-4-6-5-3-1;1-3-5-6-4-2;2*1-3-5-4-2;3*1-2;;;;/h7-11H,6H2,1-5H3;7-8H2,1-6H3;6-7H2,1-5H3;1-6H2;1-2H3;1-5H;1H,2H3;3*1-2H3;3*1H4;/q;;;;;-1;;;;;;;;. The Hall–Kier alpha value is -1.92. The van der Waals surface area contributed by atoms with Gasteiger partial charge in [-0.2, -0.15) is 0 Å². The quantitative estimate of drug-likeness (QED) is 0.0993. The summed E-state index contributed by atoms with van der Waals surface area (Å²) in [5.41, 5.74) is 1.01. The van der Waals surface area contributed by atoms with E-state index in [1.165, 1.54) is 76.8 Å². The van der Waals surface area contributed by atoms with Crippen LogP contribution in [0.4, 0.5) is 0 Å². The fourth-order valence-corrected chi connectivity index (χ4v) is 5.69. The van der Waals surface area contributed by atoms with Crippen LogP contribution in [0.5, 0.6) is 0 Å². The van der Waals surface area contributed by atoms with Gasteiger partial charge in [0.15, 0.2) is 0 Å². The molecule has 5 atom stereocenters. The maximum atomic E-state index is 5.90. The average molecular weight is 1090 g/mol. The van der Waals surface area contributed by atoms with Crippen LogP contribution in [0.2, 0.25) is 0 Å². The van der Waals surface area contributed by atoms with Crippen molar-refractivity contribution in [2.24, 2.45) is 22.7 Å². The number of hydrogen-bond acceptors (Lipinski definition) is 5. The van der Waals surface area contributed by atoms with E-state index in [-0.39, 0.29) is 34.5 Å². The van der Waals surface area contributed by atoms with Crippen LogP contribution in [0.15, 0.2) is 18.2 Å². The molecule has 390 valence electrons. The number of methoxy groups -OCH3 is 1. The molecule has 5 unspecified atom stereocenters. The van der Waals surface area contributed by atoms with Crippen molar-refractivity contribution in [3.63, 3.8) is 0 Å². The summed E-state index contributed by atoms with van der Waals surface area (Å²) in [6, 6.07) is 0. The molecule has 2 aliphatic rings. The molecule has 1 saturated carbocycles. The molecule has 0 amide bonds. The third kappa shape index (κ3) is 85.9. The maximum absolute atomic E-state index is 5.90. The second kappa shape index (κ2) is 68.7. The van der Waals surface area contributed by atoms with Gasteiger partial charge in [0.2, 0.25) is 0 Å². The first-order valence-electron chi connectivity index (χ1n) is 23.6. The summed E-state index contributed by atoms with van der Waals surface area (Å²) in [6.07, 6.45) is 23.6. The molecular weight excluding hydrogens is 967 g/mol. The monoisotopic (exact) mass is 1090 g/mol. The van der Waals surface area contributed by atoms with Crippen molar-refractivity contribution < 1.29 is 28.8 Å². The molecule has 2 rings (SSSR count). The zero-order valence-electron chi connectivity index (χ0n) is 46.2. The van der Waals surface area contributed by atoms with Gasteiger partial charge in [0.1, 0.15) is 0 Å². The van der Waals surface area contributed by atoms with Gasteiger partial charge in [-0.05, 0) is 129 Å². The minimum atomic E-state index is 0. The Bertz CT molecular complexity index is 1100. The number of allylic oxidation sites excluding steroid dienone is 3. The molecular formula is C59H120N3O2W-. The van der Waals surface area contributed by atoms with Crippen LogP contribution in [0.1, 0.15) is 212 Å². The van der Waals surface area contributed by atoms with Crippen molar-refractivity contribution >= 4 is 4.40 Å². The van der Waals surface area contributed by atoms with E-state index in [4.69, 9.17) is 22.5 Å². The van der Waals surface area contributed by atoms with Crippen LogP contribution in [-0.4, -0.2) is 93.1 Å². The van der Waals surface area contributed by atoms with Gasteiger partial charge < -0.3 is 9.47 Å².